The number of benzene rings is 1. The van der Waals surface area contributed by atoms with Crippen LogP contribution in [0.25, 0.3) is 0 Å². The highest BCUT2D eigenvalue weighted by Gasteiger charge is 2.29. The van der Waals surface area contributed by atoms with Gasteiger partial charge in [-0.2, -0.15) is 5.26 Å². The quantitative estimate of drug-likeness (QED) is 0.809. The maximum Gasteiger partial charge on any atom is 0.259 e. The molecular formula is C14H17IN2O2. The summed E-state index contributed by atoms with van der Waals surface area (Å²) in [6.45, 7) is 5.40. The first-order valence-corrected chi connectivity index (χ1v) is 7.06. The van der Waals surface area contributed by atoms with E-state index < -0.39 is 5.54 Å². The number of hydrogen-bond donors (Lipinski definition) is 1. The van der Waals surface area contributed by atoms with E-state index in [4.69, 9.17) is 10.00 Å². The second-order valence-electron chi connectivity index (χ2n) is 4.76. The number of carbonyl (C=O) groups excluding carboxylic acids is 1. The van der Waals surface area contributed by atoms with E-state index in [0.717, 1.165) is 3.57 Å². The number of halogens is 1. The Morgan fingerprint density at radius 3 is 2.53 bits per heavy atom. The number of amides is 1. The molecule has 5 heteroatoms. The van der Waals surface area contributed by atoms with Crippen LogP contribution in [-0.2, 0) is 4.79 Å². The highest BCUT2D eigenvalue weighted by atomic mass is 127. The Morgan fingerprint density at radius 1 is 1.47 bits per heavy atom. The summed E-state index contributed by atoms with van der Waals surface area (Å²) in [7, 11) is 0. The van der Waals surface area contributed by atoms with Crippen LogP contribution in [0.1, 0.15) is 20.8 Å². The molecule has 0 radical (unpaired) electrons. The Bertz CT molecular complexity index is 479. The molecule has 0 aromatic heterocycles. The minimum atomic E-state index is -0.869. The van der Waals surface area contributed by atoms with Gasteiger partial charge < -0.3 is 10.1 Å². The molecule has 0 saturated heterocycles. The summed E-state index contributed by atoms with van der Waals surface area (Å²) >= 11 is 2.20. The van der Waals surface area contributed by atoms with Gasteiger partial charge in [0.15, 0.2) is 6.61 Å². The summed E-state index contributed by atoms with van der Waals surface area (Å²) in [5.74, 6) is 0.370. The van der Waals surface area contributed by atoms with Crippen LogP contribution < -0.4 is 10.1 Å². The number of rotatable bonds is 5. The third kappa shape index (κ3) is 4.71. The van der Waals surface area contributed by atoms with E-state index >= 15 is 0 Å². The summed E-state index contributed by atoms with van der Waals surface area (Å²) in [5.41, 5.74) is -0.869. The fraction of sp³-hybridized carbons (Fsp3) is 0.429. The van der Waals surface area contributed by atoms with E-state index in [1.165, 1.54) is 0 Å². The predicted octanol–water partition coefficient (Wildman–Crippen LogP) is 2.72. The molecular weight excluding hydrogens is 355 g/mol. The first-order chi connectivity index (χ1) is 8.87. The van der Waals surface area contributed by atoms with Gasteiger partial charge in [-0.25, -0.2) is 0 Å². The molecule has 0 bridgehead atoms. The van der Waals surface area contributed by atoms with Gasteiger partial charge in [-0.15, -0.1) is 0 Å². The van der Waals surface area contributed by atoms with Gasteiger partial charge >= 0.3 is 0 Å². The van der Waals surface area contributed by atoms with Crippen LogP contribution in [0.5, 0.6) is 5.75 Å². The minimum absolute atomic E-state index is 0.0275. The van der Waals surface area contributed by atoms with Gasteiger partial charge in [-0.3, -0.25) is 4.79 Å². The molecule has 0 spiro atoms. The number of nitriles is 1. The second kappa shape index (κ2) is 6.75. The van der Waals surface area contributed by atoms with Crippen molar-refractivity contribution < 1.29 is 9.53 Å². The molecule has 1 atom stereocenters. The Morgan fingerprint density at radius 2 is 2.05 bits per heavy atom. The van der Waals surface area contributed by atoms with E-state index in [1.54, 1.807) is 19.1 Å². The van der Waals surface area contributed by atoms with E-state index in [-0.39, 0.29) is 18.4 Å². The number of carbonyl (C=O) groups is 1. The van der Waals surface area contributed by atoms with Crippen LogP contribution in [-0.4, -0.2) is 18.1 Å². The highest BCUT2D eigenvalue weighted by molar-refractivity contribution is 14.1. The molecule has 102 valence electrons. The molecule has 0 unspecified atom stereocenters. The molecule has 0 aliphatic heterocycles. The Hall–Kier alpha value is -1.29. The van der Waals surface area contributed by atoms with E-state index in [1.807, 2.05) is 26.0 Å². The van der Waals surface area contributed by atoms with Gasteiger partial charge in [-0.05, 0) is 59.7 Å². The zero-order valence-corrected chi connectivity index (χ0v) is 13.4. The number of nitrogens with one attached hydrogen (secondary N) is 1. The molecule has 19 heavy (non-hydrogen) atoms. The normalized spacial score (nSPS) is 13.5. The van der Waals surface area contributed by atoms with Gasteiger partial charge in [-0.1, -0.05) is 13.8 Å². The Kier molecular flexibility index (Phi) is 5.60. The average molecular weight is 372 g/mol. The van der Waals surface area contributed by atoms with Crippen molar-refractivity contribution in [2.45, 2.75) is 26.3 Å². The Labute approximate surface area is 127 Å². The summed E-state index contributed by atoms with van der Waals surface area (Å²) in [4.78, 5) is 11.8. The van der Waals surface area contributed by atoms with Crippen molar-refractivity contribution in [3.05, 3.63) is 27.8 Å². The van der Waals surface area contributed by atoms with E-state index in [9.17, 15) is 4.79 Å². The molecule has 1 rings (SSSR count). The molecule has 1 aromatic carbocycles. The van der Waals surface area contributed by atoms with Crippen molar-refractivity contribution in [2.24, 2.45) is 5.92 Å². The van der Waals surface area contributed by atoms with Gasteiger partial charge in [0, 0.05) is 3.57 Å². The first kappa shape index (κ1) is 15.8. The van der Waals surface area contributed by atoms with Crippen LogP contribution in [0.3, 0.4) is 0 Å². The standard InChI is InChI=1S/C14H17IN2O2/c1-10(2)14(3,9-16)17-13(18)8-19-12-6-4-11(15)5-7-12/h4-7,10H,8H2,1-3H3,(H,17,18)/t14-/m0/s1. The Balaban J connectivity index is 2.53. The van der Waals surface area contributed by atoms with Crippen molar-refractivity contribution in [1.29, 1.82) is 5.26 Å². The minimum Gasteiger partial charge on any atom is -0.484 e. The van der Waals surface area contributed by atoms with Crippen molar-refractivity contribution in [3.63, 3.8) is 0 Å². The number of ether oxygens (including phenoxy) is 1. The van der Waals surface area contributed by atoms with Crippen LogP contribution in [0.15, 0.2) is 24.3 Å². The largest absolute Gasteiger partial charge is 0.484 e. The first-order valence-electron chi connectivity index (χ1n) is 5.98. The maximum absolute atomic E-state index is 11.8. The van der Waals surface area contributed by atoms with Crippen molar-refractivity contribution in [1.82, 2.24) is 5.32 Å². The molecule has 0 saturated carbocycles. The lowest BCUT2D eigenvalue weighted by molar-refractivity contribution is -0.124. The zero-order valence-electron chi connectivity index (χ0n) is 11.2. The summed E-state index contributed by atoms with van der Waals surface area (Å²) in [6, 6.07) is 9.55. The van der Waals surface area contributed by atoms with Gasteiger partial charge in [0.2, 0.25) is 0 Å². The maximum atomic E-state index is 11.8. The third-order valence-corrected chi connectivity index (χ3v) is 3.69. The predicted molar refractivity (Wildman–Crippen MR) is 81.7 cm³/mol. The topological polar surface area (TPSA) is 62.1 Å². The van der Waals surface area contributed by atoms with Gasteiger partial charge in [0.1, 0.15) is 11.3 Å². The van der Waals surface area contributed by atoms with E-state index in [0.29, 0.717) is 5.75 Å². The van der Waals surface area contributed by atoms with Crippen molar-refractivity contribution >= 4 is 28.5 Å². The molecule has 0 heterocycles. The second-order valence-corrected chi connectivity index (χ2v) is 6.01. The number of hydrogen-bond acceptors (Lipinski definition) is 3. The zero-order chi connectivity index (χ0) is 14.5. The molecule has 1 amide bonds. The lowest BCUT2D eigenvalue weighted by atomic mass is 9.90. The van der Waals surface area contributed by atoms with Crippen molar-refractivity contribution in [3.8, 4) is 11.8 Å². The van der Waals surface area contributed by atoms with Crippen LogP contribution in [0.4, 0.5) is 0 Å². The van der Waals surface area contributed by atoms with E-state index in [2.05, 4.69) is 34.0 Å². The molecule has 0 aliphatic carbocycles. The molecule has 1 aromatic rings. The molecule has 0 fully saturated rings. The summed E-state index contributed by atoms with van der Waals surface area (Å²) in [5, 5.41) is 11.8. The lowest BCUT2D eigenvalue weighted by Crippen LogP contribution is -2.50. The lowest BCUT2D eigenvalue weighted by Gasteiger charge is -2.27. The van der Waals surface area contributed by atoms with Crippen molar-refractivity contribution in [2.75, 3.05) is 6.61 Å². The molecule has 0 aliphatic rings. The van der Waals surface area contributed by atoms with Gasteiger partial charge in [0.05, 0.1) is 6.07 Å². The SMILES string of the molecule is CC(C)[C@](C)(C#N)NC(=O)COc1ccc(I)cc1. The molecule has 1 N–H and O–H groups in total. The summed E-state index contributed by atoms with van der Waals surface area (Å²) in [6.07, 6.45) is 0. The third-order valence-electron chi connectivity index (χ3n) is 2.97. The average Bonchev–Trinajstić information content (AvgIpc) is 2.37. The monoisotopic (exact) mass is 372 g/mol. The van der Waals surface area contributed by atoms with Crippen LogP contribution in [0.2, 0.25) is 0 Å². The fourth-order valence-corrected chi connectivity index (χ4v) is 1.67. The highest BCUT2D eigenvalue weighted by Crippen LogP contribution is 2.16. The smallest absolute Gasteiger partial charge is 0.259 e. The fourth-order valence-electron chi connectivity index (χ4n) is 1.31. The molecule has 4 nitrogen and oxygen atoms in total. The summed E-state index contributed by atoms with van der Waals surface area (Å²) < 4.78 is 6.47. The van der Waals surface area contributed by atoms with Crippen LogP contribution in [0, 0.1) is 20.8 Å². The van der Waals surface area contributed by atoms with Gasteiger partial charge in [0.25, 0.3) is 5.91 Å². The number of nitrogens with zero attached hydrogens (tertiary/aromatic N) is 1. The van der Waals surface area contributed by atoms with Crippen LogP contribution >= 0.6 is 22.6 Å².